The van der Waals surface area contributed by atoms with Crippen molar-refractivity contribution in [1.29, 1.82) is 0 Å². The zero-order valence-electron chi connectivity index (χ0n) is 16.0. The van der Waals surface area contributed by atoms with Crippen LogP contribution in [0.4, 0.5) is 5.69 Å². The molecule has 0 aliphatic rings. The zero-order chi connectivity index (χ0) is 19.0. The third-order valence-electron chi connectivity index (χ3n) is 4.40. The monoisotopic (exact) mass is 361 g/mol. The van der Waals surface area contributed by atoms with Crippen LogP contribution in [0.1, 0.15) is 34.1 Å². The molecule has 0 saturated carbocycles. The molecule has 0 fully saturated rings. The summed E-state index contributed by atoms with van der Waals surface area (Å²) in [6.07, 6.45) is 2.68. The second kappa shape index (κ2) is 9.68. The molecule has 25 heavy (non-hydrogen) atoms. The number of hydrogen-bond acceptors (Lipinski definition) is 3. The van der Waals surface area contributed by atoms with E-state index in [2.05, 4.69) is 31.1 Å². The number of rotatable bonds is 9. The molecule has 0 unspecified atom stereocenters. The molecule has 1 amide bonds. The van der Waals surface area contributed by atoms with Gasteiger partial charge in [-0.15, -0.1) is 6.58 Å². The van der Waals surface area contributed by atoms with Crippen LogP contribution in [0.15, 0.2) is 43.0 Å². The predicted octanol–water partition coefficient (Wildman–Crippen LogP) is 3.54. The number of para-hydroxylation sites is 1. The van der Waals surface area contributed by atoms with E-state index in [1.54, 1.807) is 6.08 Å². The van der Waals surface area contributed by atoms with Crippen LogP contribution in [0.5, 0.6) is 0 Å². The highest BCUT2D eigenvalue weighted by atomic mass is 32.1. The largest absolute Gasteiger partial charge is 0.343 e. The second-order valence-electron chi connectivity index (χ2n) is 6.87. The number of thiocarbonyl (C=S) groups is 1. The van der Waals surface area contributed by atoms with Gasteiger partial charge in [0.2, 0.25) is 5.91 Å². The number of benzene rings is 1. The maximum absolute atomic E-state index is 12.8. The third kappa shape index (κ3) is 5.94. The standard InChI is InChI=1S/C20H31N3OS/c1-7-14-21-17(15(3)8-2)18(24)22-20(4,5)19(25)23(6)16-12-10-9-11-13-16/h7,9-13,15,17,21H,1,8,14H2,2-6H3,(H,22,24)/t15-,17-/m0/s1. The lowest BCUT2D eigenvalue weighted by atomic mass is 9.96. The quantitative estimate of drug-likeness (QED) is 0.522. The van der Waals surface area contributed by atoms with Gasteiger partial charge < -0.3 is 15.5 Å². The smallest absolute Gasteiger partial charge is 0.238 e. The fourth-order valence-electron chi connectivity index (χ4n) is 2.63. The van der Waals surface area contributed by atoms with E-state index in [-0.39, 0.29) is 17.9 Å². The van der Waals surface area contributed by atoms with Crippen LogP contribution in [0.25, 0.3) is 0 Å². The number of carbonyl (C=O) groups is 1. The molecule has 0 aliphatic carbocycles. The van der Waals surface area contributed by atoms with E-state index in [4.69, 9.17) is 12.2 Å². The average Bonchev–Trinajstić information content (AvgIpc) is 2.60. The van der Waals surface area contributed by atoms with Crippen molar-refractivity contribution in [2.24, 2.45) is 5.92 Å². The molecule has 0 saturated heterocycles. The van der Waals surface area contributed by atoms with E-state index < -0.39 is 5.54 Å². The zero-order valence-corrected chi connectivity index (χ0v) is 16.8. The highest BCUT2D eigenvalue weighted by Gasteiger charge is 2.32. The SMILES string of the molecule is C=CCN[C@H](C(=O)NC(C)(C)C(=S)N(C)c1ccccc1)[C@@H](C)CC. The Morgan fingerprint density at radius 3 is 2.48 bits per heavy atom. The molecule has 0 bridgehead atoms. The lowest BCUT2D eigenvalue weighted by Gasteiger charge is -2.35. The van der Waals surface area contributed by atoms with Gasteiger partial charge in [-0.1, -0.05) is 56.8 Å². The van der Waals surface area contributed by atoms with Crippen molar-refractivity contribution >= 4 is 28.8 Å². The Bertz CT molecular complexity index is 586. The van der Waals surface area contributed by atoms with Crippen molar-refractivity contribution in [3.8, 4) is 0 Å². The molecule has 0 aliphatic heterocycles. The molecule has 2 N–H and O–H groups in total. The minimum atomic E-state index is -0.640. The van der Waals surface area contributed by atoms with Crippen LogP contribution in [-0.2, 0) is 4.79 Å². The first-order valence-electron chi connectivity index (χ1n) is 8.74. The first-order valence-corrected chi connectivity index (χ1v) is 9.15. The van der Waals surface area contributed by atoms with Gasteiger partial charge in [-0.05, 0) is 31.9 Å². The number of hydrogen-bond donors (Lipinski definition) is 2. The van der Waals surface area contributed by atoms with Crippen LogP contribution in [-0.4, -0.2) is 36.1 Å². The van der Waals surface area contributed by atoms with Crippen molar-refractivity contribution in [2.45, 2.75) is 45.7 Å². The predicted molar refractivity (Wildman–Crippen MR) is 111 cm³/mol. The lowest BCUT2D eigenvalue weighted by Crippen LogP contribution is -2.59. The summed E-state index contributed by atoms with van der Waals surface area (Å²) in [6, 6.07) is 9.63. The van der Waals surface area contributed by atoms with E-state index in [1.165, 1.54) is 0 Å². The summed E-state index contributed by atoms with van der Waals surface area (Å²) < 4.78 is 0. The van der Waals surface area contributed by atoms with Crippen molar-refractivity contribution < 1.29 is 4.79 Å². The number of likely N-dealkylation sites (N-methyl/N-ethyl adjacent to an activating group) is 1. The summed E-state index contributed by atoms with van der Waals surface area (Å²) in [5.74, 6) is 0.182. The van der Waals surface area contributed by atoms with Gasteiger partial charge in [0.15, 0.2) is 0 Å². The fourth-order valence-corrected chi connectivity index (χ4v) is 2.78. The van der Waals surface area contributed by atoms with E-state index >= 15 is 0 Å². The van der Waals surface area contributed by atoms with Crippen molar-refractivity contribution in [2.75, 3.05) is 18.5 Å². The first kappa shape index (κ1) is 21.3. The maximum Gasteiger partial charge on any atom is 0.238 e. The molecule has 0 aromatic heterocycles. The summed E-state index contributed by atoms with van der Waals surface area (Å²) >= 11 is 5.66. The van der Waals surface area contributed by atoms with Crippen LogP contribution >= 0.6 is 12.2 Å². The summed E-state index contributed by atoms with van der Waals surface area (Å²) in [6.45, 7) is 12.3. The molecular weight excluding hydrogens is 330 g/mol. The Hall–Kier alpha value is -1.72. The minimum absolute atomic E-state index is 0.0370. The number of anilines is 1. The van der Waals surface area contributed by atoms with Crippen LogP contribution in [0.3, 0.4) is 0 Å². The van der Waals surface area contributed by atoms with Gasteiger partial charge in [0.05, 0.1) is 11.6 Å². The van der Waals surface area contributed by atoms with Gasteiger partial charge >= 0.3 is 0 Å². The molecule has 138 valence electrons. The molecule has 0 spiro atoms. The Morgan fingerprint density at radius 2 is 1.96 bits per heavy atom. The fraction of sp³-hybridized carbons (Fsp3) is 0.500. The number of amides is 1. The summed E-state index contributed by atoms with van der Waals surface area (Å²) in [5.41, 5.74) is 0.358. The van der Waals surface area contributed by atoms with Gasteiger partial charge in [-0.3, -0.25) is 4.79 Å². The topological polar surface area (TPSA) is 44.4 Å². The van der Waals surface area contributed by atoms with Gasteiger partial charge in [-0.2, -0.15) is 0 Å². The molecule has 2 atom stereocenters. The minimum Gasteiger partial charge on any atom is -0.343 e. The summed E-state index contributed by atoms with van der Waals surface area (Å²) in [4.78, 5) is 15.4. The van der Waals surface area contributed by atoms with Crippen LogP contribution in [0, 0.1) is 5.92 Å². The van der Waals surface area contributed by atoms with E-state index in [0.29, 0.717) is 11.5 Å². The van der Waals surface area contributed by atoms with Crippen LogP contribution in [0.2, 0.25) is 0 Å². The average molecular weight is 362 g/mol. The van der Waals surface area contributed by atoms with Gasteiger partial charge in [0.25, 0.3) is 0 Å². The van der Waals surface area contributed by atoms with Crippen molar-refractivity contribution in [3.63, 3.8) is 0 Å². The molecular formula is C20H31N3OS. The Balaban J connectivity index is 2.87. The molecule has 5 heteroatoms. The Labute approximate surface area is 157 Å². The number of carbonyl (C=O) groups excluding carboxylic acids is 1. The van der Waals surface area contributed by atoms with E-state index in [0.717, 1.165) is 12.1 Å². The van der Waals surface area contributed by atoms with E-state index in [1.807, 2.05) is 56.1 Å². The van der Waals surface area contributed by atoms with Crippen molar-refractivity contribution in [1.82, 2.24) is 10.6 Å². The van der Waals surface area contributed by atoms with E-state index in [9.17, 15) is 4.79 Å². The molecule has 4 nitrogen and oxygen atoms in total. The summed E-state index contributed by atoms with van der Waals surface area (Å²) in [7, 11) is 1.92. The second-order valence-corrected chi connectivity index (χ2v) is 7.26. The first-order chi connectivity index (χ1) is 11.7. The third-order valence-corrected chi connectivity index (χ3v) is 5.18. The van der Waals surface area contributed by atoms with Gasteiger partial charge in [-0.25, -0.2) is 0 Å². The maximum atomic E-state index is 12.8. The van der Waals surface area contributed by atoms with Crippen molar-refractivity contribution in [3.05, 3.63) is 43.0 Å². The number of nitrogens with zero attached hydrogens (tertiary/aromatic N) is 1. The normalized spacial score (nSPS) is 13.6. The Morgan fingerprint density at radius 1 is 1.36 bits per heavy atom. The highest BCUT2D eigenvalue weighted by molar-refractivity contribution is 7.80. The summed E-state index contributed by atoms with van der Waals surface area (Å²) in [5, 5.41) is 6.37. The lowest BCUT2D eigenvalue weighted by molar-refractivity contribution is -0.125. The van der Waals surface area contributed by atoms with Gasteiger partial charge in [0, 0.05) is 19.3 Å². The molecule has 1 rings (SSSR count). The van der Waals surface area contributed by atoms with Gasteiger partial charge in [0.1, 0.15) is 4.99 Å². The molecule has 1 aromatic carbocycles. The molecule has 0 radical (unpaired) electrons. The highest BCUT2D eigenvalue weighted by Crippen LogP contribution is 2.18. The molecule has 1 aromatic rings. The Kier molecular flexibility index (Phi) is 8.26. The number of nitrogens with one attached hydrogen (secondary N) is 2. The molecule has 0 heterocycles. The van der Waals surface area contributed by atoms with Crippen LogP contribution < -0.4 is 15.5 Å².